The summed E-state index contributed by atoms with van der Waals surface area (Å²) in [6, 6.07) is 0.559. The number of rotatable bonds is 5. The molecule has 120 valence electrons. The summed E-state index contributed by atoms with van der Waals surface area (Å²) in [6.45, 7) is 8.76. The molecule has 0 amide bonds. The maximum absolute atomic E-state index is 12.3. The minimum absolute atomic E-state index is 0.124. The number of sulfonamides is 1. The Morgan fingerprint density at radius 1 is 1.33 bits per heavy atom. The summed E-state index contributed by atoms with van der Waals surface area (Å²) in [5.74, 6) is -0.796. The van der Waals surface area contributed by atoms with E-state index in [9.17, 15) is 13.2 Å². The van der Waals surface area contributed by atoms with Crippen molar-refractivity contribution >= 4 is 16.0 Å². The molecule has 0 saturated heterocycles. The number of nitrogens with one attached hydrogen (secondary N) is 1. The van der Waals surface area contributed by atoms with E-state index in [-0.39, 0.29) is 10.8 Å². The van der Waals surface area contributed by atoms with Gasteiger partial charge in [0, 0.05) is 19.4 Å². The molecule has 0 aliphatic heterocycles. The van der Waals surface area contributed by atoms with Crippen LogP contribution in [-0.2, 0) is 26.6 Å². The summed E-state index contributed by atoms with van der Waals surface area (Å²) >= 11 is 0. The summed E-state index contributed by atoms with van der Waals surface area (Å²) < 4.78 is 33.9. The molecule has 0 spiro atoms. The maximum atomic E-state index is 12.3. The van der Waals surface area contributed by atoms with E-state index in [0.717, 1.165) is 0 Å². The van der Waals surface area contributed by atoms with Gasteiger partial charge in [0.05, 0.1) is 4.90 Å². The second kappa shape index (κ2) is 6.19. The van der Waals surface area contributed by atoms with Gasteiger partial charge in [-0.3, -0.25) is 4.79 Å². The summed E-state index contributed by atoms with van der Waals surface area (Å²) in [6.07, 6.45) is 3.11. The van der Waals surface area contributed by atoms with Crippen molar-refractivity contribution < 1.29 is 17.9 Å². The van der Waals surface area contributed by atoms with Crippen molar-refractivity contribution in [3.05, 3.63) is 18.5 Å². The zero-order valence-corrected chi connectivity index (χ0v) is 14.2. The molecule has 0 fully saturated rings. The first kappa shape index (κ1) is 17.7. The standard InChI is InChI=1S/C14H24N2O4S/c1-10(2)12(13(17)20-14(3,4)5)15-21(18,19)11-7-8-16(6)9-11/h7-10,12,15H,1-6H3/t12-/m0/s1. The van der Waals surface area contributed by atoms with E-state index in [1.807, 2.05) is 0 Å². The van der Waals surface area contributed by atoms with Crippen molar-refractivity contribution in [1.29, 1.82) is 0 Å². The smallest absolute Gasteiger partial charge is 0.324 e. The molecule has 0 aliphatic carbocycles. The van der Waals surface area contributed by atoms with Gasteiger partial charge < -0.3 is 9.30 Å². The molecule has 1 aromatic heterocycles. The Labute approximate surface area is 126 Å². The van der Waals surface area contributed by atoms with Crippen LogP contribution >= 0.6 is 0 Å². The normalized spacial score (nSPS) is 14.2. The van der Waals surface area contributed by atoms with Crippen LogP contribution in [0.4, 0.5) is 0 Å². The average molecular weight is 316 g/mol. The molecule has 0 bridgehead atoms. The summed E-state index contributed by atoms with van der Waals surface area (Å²) in [7, 11) is -2.03. The van der Waals surface area contributed by atoms with Crippen LogP contribution in [0, 0.1) is 5.92 Å². The van der Waals surface area contributed by atoms with Gasteiger partial charge in [-0.25, -0.2) is 8.42 Å². The predicted octanol–water partition coefficient (Wildman–Crippen LogP) is 1.67. The summed E-state index contributed by atoms with van der Waals surface area (Å²) in [5.41, 5.74) is -0.664. The third kappa shape index (κ3) is 5.17. The average Bonchev–Trinajstić information content (AvgIpc) is 2.70. The van der Waals surface area contributed by atoms with Crippen molar-refractivity contribution in [3.63, 3.8) is 0 Å². The molecule has 7 heteroatoms. The number of aromatic nitrogens is 1. The summed E-state index contributed by atoms with van der Waals surface area (Å²) in [5, 5.41) is 0. The largest absolute Gasteiger partial charge is 0.459 e. The van der Waals surface area contributed by atoms with Crippen molar-refractivity contribution in [3.8, 4) is 0 Å². The minimum atomic E-state index is -3.76. The number of carbonyl (C=O) groups is 1. The van der Waals surface area contributed by atoms with Gasteiger partial charge in [-0.15, -0.1) is 0 Å². The Hall–Kier alpha value is -1.34. The minimum Gasteiger partial charge on any atom is -0.459 e. The first-order valence-electron chi connectivity index (χ1n) is 6.79. The highest BCUT2D eigenvalue weighted by Gasteiger charge is 2.32. The van der Waals surface area contributed by atoms with Gasteiger partial charge in [0.25, 0.3) is 0 Å². The van der Waals surface area contributed by atoms with Crippen LogP contribution in [0.1, 0.15) is 34.6 Å². The van der Waals surface area contributed by atoms with Crippen LogP contribution in [0.15, 0.2) is 23.4 Å². The first-order chi connectivity index (χ1) is 9.42. The lowest BCUT2D eigenvalue weighted by Gasteiger charge is -2.26. The molecule has 21 heavy (non-hydrogen) atoms. The van der Waals surface area contributed by atoms with Crippen LogP contribution in [-0.4, -0.2) is 30.6 Å². The Morgan fingerprint density at radius 2 is 1.90 bits per heavy atom. The third-order valence-corrected chi connectivity index (χ3v) is 4.15. The van der Waals surface area contributed by atoms with E-state index >= 15 is 0 Å². The maximum Gasteiger partial charge on any atom is 0.324 e. The van der Waals surface area contributed by atoms with Gasteiger partial charge >= 0.3 is 5.97 Å². The number of esters is 1. The lowest BCUT2D eigenvalue weighted by molar-refractivity contribution is -0.158. The zero-order valence-electron chi connectivity index (χ0n) is 13.4. The molecular weight excluding hydrogens is 292 g/mol. The van der Waals surface area contributed by atoms with Crippen molar-refractivity contribution in [2.24, 2.45) is 13.0 Å². The highest BCUT2D eigenvalue weighted by Crippen LogP contribution is 2.16. The number of carbonyl (C=O) groups excluding carboxylic acids is 1. The van der Waals surface area contributed by atoms with Crippen LogP contribution in [0.2, 0.25) is 0 Å². The quantitative estimate of drug-likeness (QED) is 0.838. The molecule has 1 aromatic rings. The molecule has 6 nitrogen and oxygen atoms in total. The third-order valence-electron chi connectivity index (χ3n) is 2.72. The van der Waals surface area contributed by atoms with Crippen LogP contribution in [0.3, 0.4) is 0 Å². The number of hydrogen-bond donors (Lipinski definition) is 1. The van der Waals surface area contributed by atoms with E-state index in [2.05, 4.69) is 4.72 Å². The predicted molar refractivity (Wildman–Crippen MR) is 80.2 cm³/mol. The number of hydrogen-bond acceptors (Lipinski definition) is 4. The van der Waals surface area contributed by atoms with E-state index in [0.29, 0.717) is 0 Å². The van der Waals surface area contributed by atoms with E-state index < -0.39 is 27.6 Å². The number of nitrogens with zero attached hydrogens (tertiary/aromatic N) is 1. The fourth-order valence-electron chi connectivity index (χ4n) is 1.69. The topological polar surface area (TPSA) is 77.4 Å². The van der Waals surface area contributed by atoms with Gasteiger partial charge in [0.1, 0.15) is 11.6 Å². The molecule has 0 radical (unpaired) electrons. The molecule has 1 rings (SSSR count). The van der Waals surface area contributed by atoms with Crippen LogP contribution in [0.5, 0.6) is 0 Å². The highest BCUT2D eigenvalue weighted by molar-refractivity contribution is 7.89. The van der Waals surface area contributed by atoms with E-state index in [1.54, 1.807) is 52.4 Å². The van der Waals surface area contributed by atoms with Crippen molar-refractivity contribution in [2.45, 2.75) is 51.2 Å². The molecule has 1 N–H and O–H groups in total. The second-order valence-electron chi connectivity index (χ2n) is 6.39. The molecule has 0 saturated carbocycles. The van der Waals surface area contributed by atoms with Gasteiger partial charge in [-0.2, -0.15) is 4.72 Å². The van der Waals surface area contributed by atoms with Crippen molar-refractivity contribution in [1.82, 2.24) is 9.29 Å². The van der Waals surface area contributed by atoms with E-state index in [4.69, 9.17) is 4.74 Å². The van der Waals surface area contributed by atoms with Crippen molar-refractivity contribution in [2.75, 3.05) is 0 Å². The zero-order chi connectivity index (χ0) is 16.4. The highest BCUT2D eigenvalue weighted by atomic mass is 32.2. The van der Waals surface area contributed by atoms with Gasteiger partial charge in [-0.1, -0.05) is 13.8 Å². The fraction of sp³-hybridized carbons (Fsp3) is 0.643. The number of aryl methyl sites for hydroxylation is 1. The lowest BCUT2D eigenvalue weighted by atomic mass is 10.1. The van der Waals surface area contributed by atoms with Gasteiger partial charge in [0.2, 0.25) is 10.0 Å². The fourth-order valence-corrected chi connectivity index (χ4v) is 3.08. The van der Waals surface area contributed by atoms with Gasteiger partial charge in [-0.05, 0) is 32.8 Å². The van der Waals surface area contributed by atoms with Crippen LogP contribution < -0.4 is 4.72 Å². The molecule has 0 aliphatic rings. The Kier molecular flexibility index (Phi) is 5.22. The molecule has 1 heterocycles. The van der Waals surface area contributed by atoms with Crippen LogP contribution in [0.25, 0.3) is 0 Å². The molecular formula is C14H24N2O4S. The molecule has 0 aromatic carbocycles. The first-order valence-corrected chi connectivity index (χ1v) is 8.28. The molecule has 0 unspecified atom stereocenters. The summed E-state index contributed by atoms with van der Waals surface area (Å²) in [4.78, 5) is 12.3. The van der Waals surface area contributed by atoms with Gasteiger partial charge in [0.15, 0.2) is 0 Å². The SMILES string of the molecule is CC(C)[C@H](NS(=O)(=O)c1ccn(C)c1)C(=O)OC(C)(C)C. The lowest BCUT2D eigenvalue weighted by Crippen LogP contribution is -2.47. The Balaban J connectivity index is 2.96. The monoisotopic (exact) mass is 316 g/mol. The second-order valence-corrected chi connectivity index (χ2v) is 8.10. The Bertz CT molecular complexity index is 597. The van der Waals surface area contributed by atoms with E-state index in [1.165, 1.54) is 12.3 Å². The molecule has 1 atom stereocenters. The Morgan fingerprint density at radius 3 is 2.29 bits per heavy atom. The number of ether oxygens (including phenoxy) is 1.